The standard InChI is InChI=1S/C19H38N6.HI/c1-6-20-19(21-13-9-12-18-15-22-24(5)16-18)23-17(4)11-10-14-25(7-2)8-3;/h15-17H,6-14H2,1-5H3,(H2,20,21,23);1H. The van der Waals surface area contributed by atoms with Gasteiger partial charge in [0.05, 0.1) is 6.20 Å². The van der Waals surface area contributed by atoms with Crippen LogP contribution in [-0.4, -0.2) is 59.4 Å². The Bertz CT molecular complexity index is 484. The number of aliphatic imine (C=N–C) groups is 1. The summed E-state index contributed by atoms with van der Waals surface area (Å²) in [6, 6.07) is 0.437. The molecule has 0 aliphatic rings. The van der Waals surface area contributed by atoms with Gasteiger partial charge in [0.2, 0.25) is 0 Å². The van der Waals surface area contributed by atoms with Crippen molar-refractivity contribution in [2.45, 2.75) is 59.4 Å². The van der Waals surface area contributed by atoms with Crippen LogP contribution < -0.4 is 10.6 Å². The van der Waals surface area contributed by atoms with E-state index in [1.54, 1.807) is 0 Å². The minimum atomic E-state index is 0. The summed E-state index contributed by atoms with van der Waals surface area (Å²) < 4.78 is 1.85. The molecular weight excluding hydrogens is 439 g/mol. The van der Waals surface area contributed by atoms with E-state index in [2.05, 4.69) is 54.5 Å². The summed E-state index contributed by atoms with van der Waals surface area (Å²) in [6.07, 6.45) is 8.46. The van der Waals surface area contributed by atoms with E-state index in [9.17, 15) is 0 Å². The molecule has 0 radical (unpaired) electrons. The van der Waals surface area contributed by atoms with Crippen molar-refractivity contribution >= 4 is 29.9 Å². The molecule has 2 N–H and O–H groups in total. The zero-order chi connectivity index (χ0) is 18.5. The Morgan fingerprint density at radius 2 is 2.00 bits per heavy atom. The molecule has 6 nitrogen and oxygen atoms in total. The van der Waals surface area contributed by atoms with Gasteiger partial charge in [-0.25, -0.2) is 0 Å². The Morgan fingerprint density at radius 1 is 1.27 bits per heavy atom. The maximum atomic E-state index is 4.71. The van der Waals surface area contributed by atoms with Gasteiger partial charge in [0, 0.05) is 32.4 Å². The molecule has 26 heavy (non-hydrogen) atoms. The van der Waals surface area contributed by atoms with Gasteiger partial charge in [-0.1, -0.05) is 13.8 Å². The molecule has 1 rings (SSSR count). The maximum Gasteiger partial charge on any atom is 0.191 e. The first-order valence-electron chi connectivity index (χ1n) is 9.83. The van der Waals surface area contributed by atoms with E-state index in [0.717, 1.165) is 51.4 Å². The molecular formula is C19H39IN6. The zero-order valence-corrected chi connectivity index (χ0v) is 19.6. The van der Waals surface area contributed by atoms with Gasteiger partial charge in [-0.2, -0.15) is 5.10 Å². The minimum absolute atomic E-state index is 0. The summed E-state index contributed by atoms with van der Waals surface area (Å²) >= 11 is 0. The topological polar surface area (TPSA) is 57.5 Å². The second-order valence-electron chi connectivity index (χ2n) is 6.60. The van der Waals surface area contributed by atoms with Crippen LogP contribution in [0, 0.1) is 0 Å². The molecule has 0 bridgehead atoms. The third-order valence-corrected chi connectivity index (χ3v) is 4.39. The van der Waals surface area contributed by atoms with Crippen molar-refractivity contribution in [2.75, 3.05) is 32.7 Å². The molecule has 0 fully saturated rings. The summed E-state index contributed by atoms with van der Waals surface area (Å²) in [4.78, 5) is 7.18. The van der Waals surface area contributed by atoms with Crippen LogP contribution >= 0.6 is 24.0 Å². The molecule has 0 aliphatic heterocycles. The van der Waals surface area contributed by atoms with Gasteiger partial charge in [-0.3, -0.25) is 9.67 Å². The first kappa shape index (κ1) is 25.2. The van der Waals surface area contributed by atoms with Crippen LogP contribution in [-0.2, 0) is 13.5 Å². The monoisotopic (exact) mass is 478 g/mol. The number of hydrogen-bond donors (Lipinski definition) is 2. The third kappa shape index (κ3) is 11.0. The molecule has 0 spiro atoms. The second kappa shape index (κ2) is 15.2. The average molecular weight is 478 g/mol. The maximum absolute atomic E-state index is 4.71. The molecule has 7 heteroatoms. The third-order valence-electron chi connectivity index (χ3n) is 4.39. The molecule has 0 aliphatic carbocycles. The van der Waals surface area contributed by atoms with Crippen molar-refractivity contribution in [1.82, 2.24) is 25.3 Å². The van der Waals surface area contributed by atoms with Crippen molar-refractivity contribution in [3.05, 3.63) is 18.0 Å². The SMILES string of the molecule is CCNC(=NCCCc1cnn(C)c1)NC(C)CCCN(CC)CC.I. The van der Waals surface area contributed by atoms with Crippen molar-refractivity contribution in [1.29, 1.82) is 0 Å². The summed E-state index contributed by atoms with van der Waals surface area (Å²) in [6.45, 7) is 14.0. The first-order chi connectivity index (χ1) is 12.1. The molecule has 0 aromatic carbocycles. The Morgan fingerprint density at radius 3 is 2.58 bits per heavy atom. The highest BCUT2D eigenvalue weighted by molar-refractivity contribution is 14.0. The van der Waals surface area contributed by atoms with E-state index in [1.165, 1.54) is 18.5 Å². The van der Waals surface area contributed by atoms with E-state index >= 15 is 0 Å². The molecule has 1 atom stereocenters. The second-order valence-corrected chi connectivity index (χ2v) is 6.60. The fourth-order valence-electron chi connectivity index (χ4n) is 2.86. The van der Waals surface area contributed by atoms with Gasteiger partial charge in [0.15, 0.2) is 5.96 Å². The van der Waals surface area contributed by atoms with E-state index < -0.39 is 0 Å². The Balaban J connectivity index is 0.00000625. The number of aromatic nitrogens is 2. The van der Waals surface area contributed by atoms with Crippen LogP contribution in [0.15, 0.2) is 17.4 Å². The predicted molar refractivity (Wildman–Crippen MR) is 123 cm³/mol. The minimum Gasteiger partial charge on any atom is -0.357 e. The number of nitrogens with zero attached hydrogens (tertiary/aromatic N) is 4. The lowest BCUT2D eigenvalue weighted by Gasteiger charge is -2.21. The van der Waals surface area contributed by atoms with E-state index in [-0.39, 0.29) is 24.0 Å². The lowest BCUT2D eigenvalue weighted by molar-refractivity contribution is 0.292. The number of halogens is 1. The quantitative estimate of drug-likeness (QED) is 0.210. The summed E-state index contributed by atoms with van der Waals surface area (Å²) in [7, 11) is 1.95. The van der Waals surface area contributed by atoms with Gasteiger partial charge in [-0.15, -0.1) is 24.0 Å². The molecule has 0 saturated carbocycles. The van der Waals surface area contributed by atoms with Crippen molar-refractivity contribution in [3.8, 4) is 0 Å². The van der Waals surface area contributed by atoms with Gasteiger partial charge >= 0.3 is 0 Å². The molecule has 0 saturated heterocycles. The van der Waals surface area contributed by atoms with Crippen molar-refractivity contribution in [3.63, 3.8) is 0 Å². The fourth-order valence-corrected chi connectivity index (χ4v) is 2.86. The molecule has 0 amide bonds. The van der Waals surface area contributed by atoms with Crippen LogP contribution in [0.4, 0.5) is 0 Å². The largest absolute Gasteiger partial charge is 0.357 e. The highest BCUT2D eigenvalue weighted by Crippen LogP contribution is 2.02. The number of nitrogens with one attached hydrogen (secondary N) is 2. The van der Waals surface area contributed by atoms with Gasteiger partial charge < -0.3 is 15.5 Å². The van der Waals surface area contributed by atoms with Crippen LogP contribution in [0.25, 0.3) is 0 Å². The lowest BCUT2D eigenvalue weighted by Crippen LogP contribution is -2.42. The highest BCUT2D eigenvalue weighted by atomic mass is 127. The number of aryl methyl sites for hydroxylation is 2. The normalized spacial score (nSPS) is 12.8. The van der Waals surface area contributed by atoms with E-state index in [1.807, 2.05) is 17.9 Å². The first-order valence-corrected chi connectivity index (χ1v) is 9.83. The lowest BCUT2D eigenvalue weighted by atomic mass is 10.2. The summed E-state index contributed by atoms with van der Waals surface area (Å²) in [5.41, 5.74) is 1.28. The molecule has 1 aromatic heterocycles. The Kier molecular flexibility index (Phi) is 14.8. The Labute approximate surface area is 177 Å². The van der Waals surface area contributed by atoms with Gasteiger partial charge in [0.25, 0.3) is 0 Å². The number of guanidine groups is 1. The molecule has 152 valence electrons. The number of rotatable bonds is 12. The predicted octanol–water partition coefficient (Wildman–Crippen LogP) is 3.04. The summed E-state index contributed by atoms with van der Waals surface area (Å²) in [5.74, 6) is 0.934. The highest BCUT2D eigenvalue weighted by Gasteiger charge is 2.06. The molecule has 1 unspecified atom stereocenters. The smallest absolute Gasteiger partial charge is 0.191 e. The van der Waals surface area contributed by atoms with E-state index in [0.29, 0.717) is 6.04 Å². The van der Waals surface area contributed by atoms with Crippen LogP contribution in [0.2, 0.25) is 0 Å². The van der Waals surface area contributed by atoms with Crippen LogP contribution in [0.1, 0.15) is 52.5 Å². The van der Waals surface area contributed by atoms with Crippen molar-refractivity contribution < 1.29 is 0 Å². The Hall–Kier alpha value is -0.830. The van der Waals surface area contributed by atoms with E-state index in [4.69, 9.17) is 4.99 Å². The summed E-state index contributed by atoms with van der Waals surface area (Å²) in [5, 5.41) is 11.1. The fraction of sp³-hybridized carbons (Fsp3) is 0.789. The molecule has 1 aromatic rings. The average Bonchev–Trinajstić information content (AvgIpc) is 3.01. The van der Waals surface area contributed by atoms with Gasteiger partial charge in [-0.05, 0) is 64.7 Å². The van der Waals surface area contributed by atoms with Gasteiger partial charge in [0.1, 0.15) is 0 Å². The zero-order valence-electron chi connectivity index (χ0n) is 17.3. The number of hydrogen-bond acceptors (Lipinski definition) is 3. The van der Waals surface area contributed by atoms with Crippen molar-refractivity contribution in [2.24, 2.45) is 12.0 Å². The molecule has 1 heterocycles. The van der Waals surface area contributed by atoms with Crippen LogP contribution in [0.3, 0.4) is 0 Å². The van der Waals surface area contributed by atoms with Crippen LogP contribution in [0.5, 0.6) is 0 Å².